The fraction of sp³-hybridized carbons (Fsp3) is 0.188. The predicted molar refractivity (Wildman–Crippen MR) is 88.6 cm³/mol. The number of anilines is 2. The first-order chi connectivity index (χ1) is 9.52. The zero-order chi connectivity index (χ0) is 14.3. The number of hydrogen-bond donors (Lipinski definition) is 1. The molecule has 1 aromatic heterocycles. The third kappa shape index (κ3) is 2.51. The van der Waals surface area contributed by atoms with Crippen LogP contribution in [0.4, 0.5) is 10.8 Å². The van der Waals surface area contributed by atoms with Gasteiger partial charge in [0.25, 0.3) is 0 Å². The van der Waals surface area contributed by atoms with Crippen LogP contribution in [0.1, 0.15) is 16.7 Å². The summed E-state index contributed by atoms with van der Waals surface area (Å²) in [4.78, 5) is 4.60. The van der Waals surface area contributed by atoms with Crippen molar-refractivity contribution in [3.05, 3.63) is 52.0 Å². The molecule has 0 aliphatic heterocycles. The number of nitrogens with one attached hydrogen (secondary N) is 1. The van der Waals surface area contributed by atoms with Crippen molar-refractivity contribution in [3.8, 4) is 0 Å². The number of rotatable bonds is 2. The van der Waals surface area contributed by atoms with Gasteiger partial charge in [-0.15, -0.1) is 0 Å². The molecule has 0 unspecified atom stereocenters. The highest BCUT2D eigenvalue weighted by Gasteiger charge is 2.08. The number of nitrogens with zero attached hydrogens (tertiary/aromatic N) is 1. The fourth-order valence-electron chi connectivity index (χ4n) is 2.44. The Labute approximate surface area is 127 Å². The molecule has 0 amide bonds. The molecule has 0 aliphatic rings. The van der Waals surface area contributed by atoms with E-state index in [1.165, 1.54) is 16.7 Å². The largest absolute Gasteiger partial charge is 0.331 e. The Morgan fingerprint density at radius 1 is 1.05 bits per heavy atom. The van der Waals surface area contributed by atoms with Crippen molar-refractivity contribution in [2.75, 3.05) is 5.32 Å². The van der Waals surface area contributed by atoms with Crippen molar-refractivity contribution in [2.45, 2.75) is 20.8 Å². The quantitative estimate of drug-likeness (QED) is 0.664. The van der Waals surface area contributed by atoms with Gasteiger partial charge in [-0.3, -0.25) is 0 Å². The van der Waals surface area contributed by atoms with Crippen LogP contribution in [0.3, 0.4) is 0 Å². The van der Waals surface area contributed by atoms with E-state index < -0.39 is 0 Å². The summed E-state index contributed by atoms with van der Waals surface area (Å²) in [7, 11) is 0. The van der Waals surface area contributed by atoms with E-state index in [2.05, 4.69) is 43.2 Å². The summed E-state index contributed by atoms with van der Waals surface area (Å²) < 4.78 is 1.10. The molecule has 1 N–H and O–H groups in total. The molecule has 0 saturated heterocycles. The number of aromatic nitrogens is 1. The molecule has 0 atom stereocenters. The Hall–Kier alpha value is -1.58. The molecule has 1 heterocycles. The second-order valence-electron chi connectivity index (χ2n) is 5.03. The number of aryl methyl sites for hydroxylation is 3. The lowest BCUT2D eigenvalue weighted by Crippen LogP contribution is -1.96. The molecule has 3 aromatic rings. The van der Waals surface area contributed by atoms with Crippen LogP contribution in [0, 0.1) is 20.8 Å². The molecular formula is C16H15ClN2S. The van der Waals surface area contributed by atoms with E-state index in [1.54, 1.807) is 11.3 Å². The number of halogens is 1. The predicted octanol–water partition coefficient (Wildman–Crippen LogP) is 5.62. The van der Waals surface area contributed by atoms with Gasteiger partial charge in [0, 0.05) is 10.7 Å². The number of hydrogen-bond acceptors (Lipinski definition) is 3. The topological polar surface area (TPSA) is 24.9 Å². The SMILES string of the molecule is Cc1cc(C)c(Nc2nc3ccc(Cl)cc3s2)c(C)c1. The van der Waals surface area contributed by atoms with E-state index >= 15 is 0 Å². The van der Waals surface area contributed by atoms with E-state index in [1.807, 2.05) is 18.2 Å². The molecule has 3 rings (SSSR count). The summed E-state index contributed by atoms with van der Waals surface area (Å²) in [5, 5.41) is 5.09. The zero-order valence-electron chi connectivity index (χ0n) is 11.6. The Kier molecular flexibility index (Phi) is 3.40. The van der Waals surface area contributed by atoms with Crippen LogP contribution >= 0.6 is 22.9 Å². The van der Waals surface area contributed by atoms with Crippen molar-refractivity contribution in [2.24, 2.45) is 0 Å². The lowest BCUT2D eigenvalue weighted by molar-refractivity contribution is 1.30. The van der Waals surface area contributed by atoms with Crippen molar-refractivity contribution >= 4 is 44.0 Å². The monoisotopic (exact) mass is 302 g/mol. The smallest absolute Gasteiger partial charge is 0.188 e. The highest BCUT2D eigenvalue weighted by molar-refractivity contribution is 7.22. The summed E-state index contributed by atoms with van der Waals surface area (Å²) in [5.41, 5.74) is 5.87. The van der Waals surface area contributed by atoms with Gasteiger partial charge < -0.3 is 5.32 Å². The van der Waals surface area contributed by atoms with Crippen LogP contribution in [0.25, 0.3) is 10.2 Å². The average molecular weight is 303 g/mol. The summed E-state index contributed by atoms with van der Waals surface area (Å²) in [6.45, 7) is 6.35. The van der Waals surface area contributed by atoms with Gasteiger partial charge in [-0.2, -0.15) is 0 Å². The summed E-state index contributed by atoms with van der Waals surface area (Å²) in [6.07, 6.45) is 0. The molecule has 4 heteroatoms. The van der Waals surface area contributed by atoms with Crippen LogP contribution in [0.15, 0.2) is 30.3 Å². The maximum atomic E-state index is 6.01. The Morgan fingerprint density at radius 2 is 1.75 bits per heavy atom. The molecule has 102 valence electrons. The Balaban J connectivity index is 2.01. The molecule has 2 aromatic carbocycles. The average Bonchev–Trinajstić information content (AvgIpc) is 2.75. The minimum atomic E-state index is 0.746. The highest BCUT2D eigenvalue weighted by Crippen LogP contribution is 2.32. The minimum Gasteiger partial charge on any atom is -0.331 e. The molecule has 0 aliphatic carbocycles. The normalized spacial score (nSPS) is 11.0. The first-order valence-corrected chi connectivity index (χ1v) is 7.63. The van der Waals surface area contributed by atoms with Gasteiger partial charge in [0.1, 0.15) is 0 Å². The van der Waals surface area contributed by atoms with E-state index in [9.17, 15) is 0 Å². The van der Waals surface area contributed by atoms with E-state index in [0.29, 0.717) is 0 Å². The van der Waals surface area contributed by atoms with Crippen molar-refractivity contribution in [1.29, 1.82) is 0 Å². The maximum Gasteiger partial charge on any atom is 0.188 e. The van der Waals surface area contributed by atoms with Crippen LogP contribution in [0.5, 0.6) is 0 Å². The molecule has 20 heavy (non-hydrogen) atoms. The van der Waals surface area contributed by atoms with Crippen molar-refractivity contribution in [3.63, 3.8) is 0 Å². The Morgan fingerprint density at radius 3 is 2.45 bits per heavy atom. The molecule has 0 fully saturated rings. The van der Waals surface area contributed by atoms with Crippen LogP contribution in [-0.2, 0) is 0 Å². The highest BCUT2D eigenvalue weighted by atomic mass is 35.5. The lowest BCUT2D eigenvalue weighted by Gasteiger charge is -2.11. The second-order valence-corrected chi connectivity index (χ2v) is 6.50. The van der Waals surface area contributed by atoms with Crippen molar-refractivity contribution < 1.29 is 0 Å². The maximum absolute atomic E-state index is 6.01. The standard InChI is InChI=1S/C16H15ClN2S/c1-9-6-10(2)15(11(3)7-9)19-16-18-13-5-4-12(17)8-14(13)20-16/h4-8H,1-3H3,(H,18,19). The first-order valence-electron chi connectivity index (χ1n) is 6.44. The van der Waals surface area contributed by atoms with Gasteiger partial charge in [0.15, 0.2) is 5.13 Å². The summed E-state index contributed by atoms with van der Waals surface area (Å²) in [5.74, 6) is 0. The molecule has 0 saturated carbocycles. The van der Waals surface area contributed by atoms with Gasteiger partial charge in [-0.1, -0.05) is 40.6 Å². The van der Waals surface area contributed by atoms with E-state index in [4.69, 9.17) is 11.6 Å². The summed E-state index contributed by atoms with van der Waals surface area (Å²) >= 11 is 7.64. The lowest BCUT2D eigenvalue weighted by atomic mass is 10.1. The third-order valence-electron chi connectivity index (χ3n) is 3.26. The number of benzene rings is 2. The second kappa shape index (κ2) is 5.08. The number of thiazole rings is 1. The van der Waals surface area contributed by atoms with Crippen LogP contribution in [0.2, 0.25) is 5.02 Å². The van der Waals surface area contributed by atoms with Crippen LogP contribution in [-0.4, -0.2) is 4.98 Å². The molecule has 0 bridgehead atoms. The van der Waals surface area contributed by atoms with Gasteiger partial charge in [0.05, 0.1) is 10.2 Å². The van der Waals surface area contributed by atoms with Gasteiger partial charge in [-0.25, -0.2) is 4.98 Å². The zero-order valence-corrected chi connectivity index (χ0v) is 13.2. The molecular weight excluding hydrogens is 288 g/mol. The summed E-state index contributed by atoms with van der Waals surface area (Å²) in [6, 6.07) is 10.1. The minimum absolute atomic E-state index is 0.746. The molecule has 0 radical (unpaired) electrons. The van der Waals surface area contributed by atoms with E-state index in [0.717, 1.165) is 26.1 Å². The molecule has 2 nitrogen and oxygen atoms in total. The Bertz CT molecular complexity index is 769. The molecule has 0 spiro atoms. The van der Waals surface area contributed by atoms with E-state index in [-0.39, 0.29) is 0 Å². The fourth-order valence-corrected chi connectivity index (χ4v) is 3.58. The van der Waals surface area contributed by atoms with Crippen molar-refractivity contribution in [1.82, 2.24) is 4.98 Å². The van der Waals surface area contributed by atoms with Gasteiger partial charge in [-0.05, 0) is 50.1 Å². The first kappa shape index (κ1) is 13.4. The third-order valence-corrected chi connectivity index (χ3v) is 4.43. The van der Waals surface area contributed by atoms with Gasteiger partial charge >= 0.3 is 0 Å². The van der Waals surface area contributed by atoms with Crippen LogP contribution < -0.4 is 5.32 Å². The van der Waals surface area contributed by atoms with Gasteiger partial charge in [0.2, 0.25) is 0 Å². The number of fused-ring (bicyclic) bond motifs is 1.